The van der Waals surface area contributed by atoms with Crippen molar-refractivity contribution in [3.05, 3.63) is 128 Å². The van der Waals surface area contributed by atoms with E-state index in [-0.39, 0.29) is 38.8 Å². The second-order valence-corrected chi connectivity index (χ2v) is 15.4. The molecule has 0 aromatic heterocycles. The summed E-state index contributed by atoms with van der Waals surface area (Å²) in [6, 6.07) is 27.4. The Labute approximate surface area is 304 Å². The van der Waals surface area contributed by atoms with Crippen molar-refractivity contribution in [2.75, 3.05) is 0 Å². The van der Waals surface area contributed by atoms with Crippen molar-refractivity contribution in [1.82, 2.24) is 0 Å². The van der Waals surface area contributed by atoms with Gasteiger partial charge in [0.1, 0.15) is 0 Å². The summed E-state index contributed by atoms with van der Waals surface area (Å²) in [7, 11) is 0. The molecule has 0 amide bonds. The minimum atomic E-state index is -0.378. The number of benzene rings is 5. The van der Waals surface area contributed by atoms with Gasteiger partial charge in [-0.1, -0.05) is 130 Å². The molecule has 5 aromatic rings. The molecule has 0 N–H and O–H groups in total. The van der Waals surface area contributed by atoms with E-state index >= 15 is 0 Å². The fraction of sp³-hybridized carbons (Fsp3) is 0.286. The van der Waals surface area contributed by atoms with Crippen LogP contribution in [0, 0.1) is 27.7 Å². The topological polar surface area (TPSA) is 70.8 Å². The van der Waals surface area contributed by atoms with Crippen LogP contribution >= 0.6 is 15.9 Å². The van der Waals surface area contributed by atoms with Crippen LogP contribution in [0.5, 0.6) is 11.5 Å². The number of nitrogens with zero attached hydrogens (tertiary/aromatic N) is 2. The van der Waals surface area contributed by atoms with Gasteiger partial charge in [0.15, 0.2) is 0 Å². The zero-order chi connectivity index (χ0) is 34.4. The summed E-state index contributed by atoms with van der Waals surface area (Å²) >= 11 is 3.42. The van der Waals surface area contributed by atoms with E-state index < -0.39 is 0 Å². The van der Waals surface area contributed by atoms with Gasteiger partial charge in [-0.25, -0.2) is 9.98 Å². The standard InChI is InChI=1S/C28H24N2.C14H21BrO2.Ni/c1-17-9-5-10-18(2)25(17)29-27-22-15-7-13-21-14-8-16-23(24(21)22)28(27)30-26-19(3)11-6-12-20(26)4;1-13(2,3)8-7-9(15)10(14(4,5)6)12(17)11(8)16;/h5-16H,1-4H3;7,16-17H,1-6H3;/q;;+2/p-2/b29-27-,30-28+;;. The van der Waals surface area contributed by atoms with Gasteiger partial charge in [-0.05, 0) is 83.4 Å². The molecule has 4 nitrogen and oxygen atoms in total. The van der Waals surface area contributed by atoms with Crippen LogP contribution in [0.2, 0.25) is 0 Å². The molecule has 0 bridgehead atoms. The predicted molar refractivity (Wildman–Crippen MR) is 199 cm³/mol. The summed E-state index contributed by atoms with van der Waals surface area (Å²) in [4.78, 5) is 10.4. The second-order valence-electron chi connectivity index (χ2n) is 14.6. The first-order valence-corrected chi connectivity index (χ1v) is 16.8. The molecular weight excluding hydrogens is 703 g/mol. The van der Waals surface area contributed by atoms with E-state index in [1.165, 1.54) is 33.0 Å². The molecule has 6 rings (SSSR count). The van der Waals surface area contributed by atoms with Gasteiger partial charge in [0, 0.05) is 21.0 Å². The molecule has 6 heteroatoms. The minimum Gasteiger partial charge on any atom is -0.873 e. The van der Waals surface area contributed by atoms with E-state index in [1.807, 2.05) is 41.5 Å². The fourth-order valence-electron chi connectivity index (χ4n) is 6.27. The molecule has 0 heterocycles. The van der Waals surface area contributed by atoms with Gasteiger partial charge in [0.25, 0.3) is 0 Å². The number of para-hydroxylation sites is 2. The Morgan fingerprint density at radius 1 is 0.562 bits per heavy atom. The summed E-state index contributed by atoms with van der Waals surface area (Å²) in [6.07, 6.45) is 0. The maximum absolute atomic E-state index is 12.2. The molecule has 0 saturated heterocycles. The van der Waals surface area contributed by atoms with Crippen molar-refractivity contribution in [3.8, 4) is 11.5 Å². The summed E-state index contributed by atoms with van der Waals surface area (Å²) in [5.41, 5.74) is 11.5. The molecule has 0 spiro atoms. The maximum atomic E-state index is 12.2. The average molecular weight is 746 g/mol. The first-order valence-electron chi connectivity index (χ1n) is 16.0. The van der Waals surface area contributed by atoms with Crippen molar-refractivity contribution in [3.63, 3.8) is 0 Å². The Morgan fingerprint density at radius 2 is 0.958 bits per heavy atom. The van der Waals surface area contributed by atoms with Gasteiger partial charge >= 0.3 is 16.5 Å². The molecule has 1 aliphatic carbocycles. The Kier molecular flexibility index (Phi) is 10.8. The maximum Gasteiger partial charge on any atom is 2.00 e. The van der Waals surface area contributed by atoms with Crippen molar-refractivity contribution in [2.45, 2.75) is 80.1 Å². The largest absolute Gasteiger partial charge is 2.00 e. The van der Waals surface area contributed by atoms with Gasteiger partial charge in [-0.15, -0.1) is 11.5 Å². The zero-order valence-corrected chi connectivity index (χ0v) is 32.0. The zero-order valence-electron chi connectivity index (χ0n) is 29.4. The third kappa shape index (κ3) is 7.16. The van der Waals surface area contributed by atoms with E-state index in [0.29, 0.717) is 11.1 Å². The van der Waals surface area contributed by atoms with Crippen LogP contribution in [0.15, 0.2) is 93.3 Å². The summed E-state index contributed by atoms with van der Waals surface area (Å²) < 4.78 is 0.736. The van der Waals surface area contributed by atoms with Crippen LogP contribution in [-0.2, 0) is 27.3 Å². The Morgan fingerprint density at radius 3 is 1.33 bits per heavy atom. The van der Waals surface area contributed by atoms with E-state index in [9.17, 15) is 10.2 Å². The molecule has 0 atom stereocenters. The number of hydrogen-bond donors (Lipinski definition) is 0. The number of aliphatic imine (C=N–C) groups is 2. The number of aryl methyl sites for hydroxylation is 4. The molecule has 0 fully saturated rings. The normalized spacial score (nSPS) is 14.2. The smallest absolute Gasteiger partial charge is 0.873 e. The molecule has 48 heavy (non-hydrogen) atoms. The summed E-state index contributed by atoms with van der Waals surface area (Å²) in [5, 5.41) is 26.7. The van der Waals surface area contributed by atoms with Crippen LogP contribution in [0.1, 0.15) is 86.1 Å². The van der Waals surface area contributed by atoms with Crippen LogP contribution in [0.25, 0.3) is 10.8 Å². The van der Waals surface area contributed by atoms with Crippen LogP contribution in [0.3, 0.4) is 0 Å². The molecule has 0 saturated carbocycles. The van der Waals surface area contributed by atoms with E-state index in [0.717, 1.165) is 38.4 Å². The second kappa shape index (κ2) is 14.0. The van der Waals surface area contributed by atoms with Crippen molar-refractivity contribution in [1.29, 1.82) is 0 Å². The molecule has 0 radical (unpaired) electrons. The van der Waals surface area contributed by atoms with Crippen molar-refractivity contribution < 1.29 is 26.7 Å². The van der Waals surface area contributed by atoms with E-state index in [2.05, 4.69) is 116 Å². The molecule has 5 aromatic carbocycles. The molecule has 250 valence electrons. The molecule has 1 aliphatic rings. The van der Waals surface area contributed by atoms with Crippen molar-refractivity contribution in [2.24, 2.45) is 9.98 Å². The third-order valence-corrected chi connectivity index (χ3v) is 9.34. The van der Waals surface area contributed by atoms with Gasteiger partial charge in [0.05, 0.1) is 22.8 Å². The van der Waals surface area contributed by atoms with Gasteiger partial charge in [0.2, 0.25) is 0 Å². The number of rotatable bonds is 2. The van der Waals surface area contributed by atoms with E-state index in [4.69, 9.17) is 9.98 Å². The predicted octanol–water partition coefficient (Wildman–Crippen LogP) is 10.5. The van der Waals surface area contributed by atoms with Crippen LogP contribution in [0.4, 0.5) is 11.4 Å². The monoisotopic (exact) mass is 744 g/mol. The van der Waals surface area contributed by atoms with E-state index in [1.54, 1.807) is 6.07 Å². The average Bonchev–Trinajstić information content (AvgIpc) is 3.27. The third-order valence-electron chi connectivity index (χ3n) is 8.71. The van der Waals surface area contributed by atoms with Crippen LogP contribution < -0.4 is 10.2 Å². The van der Waals surface area contributed by atoms with Gasteiger partial charge < -0.3 is 10.2 Å². The number of hydrogen-bond acceptors (Lipinski definition) is 4. The number of halogens is 1. The SMILES string of the molecule is CC(C)(C)c1cc(Br)c(C(C)(C)C)c([O-])c1[O-].Cc1cccc(C)c1/N=C1\C(=N\c2c(C)cccc2C)c2cccc3cccc1c23.[Ni+2]. The van der Waals surface area contributed by atoms with Crippen molar-refractivity contribution >= 4 is 49.5 Å². The summed E-state index contributed by atoms with van der Waals surface area (Å²) in [5.74, 6) is -0.748. The van der Waals surface area contributed by atoms with Gasteiger partial charge in [-0.2, -0.15) is 0 Å². The Balaban J connectivity index is 0.000000249. The minimum absolute atomic E-state index is 0. The van der Waals surface area contributed by atoms with Gasteiger partial charge in [-0.3, -0.25) is 0 Å². The summed E-state index contributed by atoms with van der Waals surface area (Å²) in [6.45, 7) is 20.1. The first-order chi connectivity index (χ1) is 22.0. The molecule has 0 unspecified atom stereocenters. The molecular formula is C42H43BrN2NiO2. The first kappa shape index (κ1) is 37.1. The fourth-order valence-corrected chi connectivity index (χ4v) is 7.27. The Hall–Kier alpha value is -3.73. The Bertz CT molecular complexity index is 1940. The van der Waals surface area contributed by atoms with Crippen LogP contribution in [-0.4, -0.2) is 11.4 Å². The molecule has 0 aliphatic heterocycles. The quantitative estimate of drug-likeness (QED) is 0.169.